The first-order valence-electron chi connectivity index (χ1n) is 7.63. The molecule has 0 aliphatic heterocycles. The van der Waals surface area contributed by atoms with Crippen molar-refractivity contribution < 1.29 is 14.3 Å². The van der Waals surface area contributed by atoms with Gasteiger partial charge in [-0.25, -0.2) is 0 Å². The van der Waals surface area contributed by atoms with Crippen molar-refractivity contribution in [2.45, 2.75) is 33.2 Å². The molecule has 22 heavy (non-hydrogen) atoms. The molecule has 0 aliphatic carbocycles. The molecule has 124 valence electrons. The number of rotatable bonds is 8. The van der Waals surface area contributed by atoms with Gasteiger partial charge in [0.05, 0.1) is 19.6 Å². The van der Waals surface area contributed by atoms with E-state index < -0.39 is 5.41 Å². The van der Waals surface area contributed by atoms with Gasteiger partial charge in [-0.05, 0) is 30.5 Å². The molecule has 0 bridgehead atoms. The van der Waals surface area contributed by atoms with Gasteiger partial charge in [0, 0.05) is 26.2 Å². The van der Waals surface area contributed by atoms with Crippen LogP contribution in [0.3, 0.4) is 0 Å². The predicted molar refractivity (Wildman–Crippen MR) is 88.1 cm³/mol. The van der Waals surface area contributed by atoms with E-state index in [1.54, 1.807) is 19.1 Å². The molecule has 0 radical (unpaired) electrons. The van der Waals surface area contributed by atoms with Crippen molar-refractivity contribution in [1.82, 2.24) is 4.90 Å². The van der Waals surface area contributed by atoms with E-state index in [1.807, 2.05) is 39.1 Å². The second-order valence-corrected chi connectivity index (χ2v) is 5.57. The van der Waals surface area contributed by atoms with Gasteiger partial charge in [0.1, 0.15) is 11.5 Å². The molecule has 0 aliphatic rings. The number of hydrogen-bond acceptors (Lipinski definition) is 4. The average molecular weight is 308 g/mol. The molecule has 1 rings (SSSR count). The highest BCUT2D eigenvalue weighted by molar-refractivity contribution is 5.82. The van der Waals surface area contributed by atoms with Gasteiger partial charge >= 0.3 is 0 Å². The molecule has 2 N–H and O–H groups in total. The number of amides is 1. The number of nitrogens with two attached hydrogens (primary N) is 1. The Morgan fingerprint density at radius 2 is 1.64 bits per heavy atom. The maximum absolute atomic E-state index is 12.8. The molecule has 1 aromatic carbocycles. The third kappa shape index (κ3) is 3.91. The van der Waals surface area contributed by atoms with Gasteiger partial charge in [0.2, 0.25) is 5.91 Å². The fourth-order valence-electron chi connectivity index (χ4n) is 2.64. The largest absolute Gasteiger partial charge is 0.497 e. The fourth-order valence-corrected chi connectivity index (χ4v) is 2.64. The topological polar surface area (TPSA) is 64.8 Å². The van der Waals surface area contributed by atoms with Gasteiger partial charge in [-0.3, -0.25) is 4.79 Å². The number of methoxy groups -OCH3 is 2. The molecule has 1 aromatic rings. The number of nitrogens with zero attached hydrogens (tertiary/aromatic N) is 1. The standard InChI is InChI=1S/C17H28N2O3/c1-6-17(7-2,12-18)16(20)19(3)11-13-8-14(21-4)10-15(9-13)22-5/h8-10H,6-7,11-12,18H2,1-5H3. The molecule has 0 saturated heterocycles. The van der Waals surface area contributed by atoms with E-state index >= 15 is 0 Å². The molecule has 0 heterocycles. The van der Waals surface area contributed by atoms with E-state index in [1.165, 1.54) is 0 Å². The summed E-state index contributed by atoms with van der Waals surface area (Å²) in [6.07, 6.45) is 1.48. The van der Waals surface area contributed by atoms with E-state index in [4.69, 9.17) is 15.2 Å². The monoisotopic (exact) mass is 308 g/mol. The molecular weight excluding hydrogens is 280 g/mol. The molecule has 0 saturated carbocycles. The van der Waals surface area contributed by atoms with Gasteiger partial charge in [-0.2, -0.15) is 0 Å². The highest BCUT2D eigenvalue weighted by Crippen LogP contribution is 2.29. The second-order valence-electron chi connectivity index (χ2n) is 5.57. The van der Waals surface area contributed by atoms with Crippen LogP contribution in [0.4, 0.5) is 0 Å². The Hall–Kier alpha value is -1.75. The minimum Gasteiger partial charge on any atom is -0.497 e. The molecule has 5 heteroatoms. The maximum atomic E-state index is 12.8. The highest BCUT2D eigenvalue weighted by Gasteiger charge is 2.35. The average Bonchev–Trinajstić information content (AvgIpc) is 2.56. The summed E-state index contributed by atoms with van der Waals surface area (Å²) >= 11 is 0. The zero-order valence-electron chi connectivity index (χ0n) is 14.3. The van der Waals surface area contributed by atoms with Crippen molar-refractivity contribution in [3.63, 3.8) is 0 Å². The molecular formula is C17H28N2O3. The number of ether oxygens (including phenoxy) is 2. The summed E-state index contributed by atoms with van der Waals surface area (Å²) in [6.45, 7) is 4.88. The van der Waals surface area contributed by atoms with E-state index in [9.17, 15) is 4.79 Å². The Bertz CT molecular complexity index is 468. The Kier molecular flexibility index (Phi) is 6.68. The van der Waals surface area contributed by atoms with Gasteiger partial charge in [0.15, 0.2) is 0 Å². The van der Waals surface area contributed by atoms with Crippen molar-refractivity contribution in [3.05, 3.63) is 23.8 Å². The summed E-state index contributed by atoms with van der Waals surface area (Å²) in [5, 5.41) is 0. The summed E-state index contributed by atoms with van der Waals surface area (Å²) in [5.41, 5.74) is 6.35. The molecule has 5 nitrogen and oxygen atoms in total. The van der Waals surface area contributed by atoms with Crippen molar-refractivity contribution >= 4 is 5.91 Å². The predicted octanol–water partition coefficient (Wildman–Crippen LogP) is 2.43. The van der Waals surface area contributed by atoms with Crippen LogP contribution < -0.4 is 15.2 Å². The Labute approximate surface area is 133 Å². The summed E-state index contributed by atoms with van der Waals surface area (Å²) in [5.74, 6) is 1.51. The summed E-state index contributed by atoms with van der Waals surface area (Å²) < 4.78 is 10.5. The van der Waals surface area contributed by atoms with Crippen molar-refractivity contribution in [2.75, 3.05) is 27.8 Å². The van der Waals surface area contributed by atoms with Crippen molar-refractivity contribution in [1.29, 1.82) is 0 Å². The van der Waals surface area contributed by atoms with Gasteiger partial charge in [-0.1, -0.05) is 13.8 Å². The third-order valence-electron chi connectivity index (χ3n) is 4.38. The molecule has 0 unspecified atom stereocenters. The molecule has 0 aromatic heterocycles. The van der Waals surface area contributed by atoms with Crippen LogP contribution >= 0.6 is 0 Å². The zero-order valence-corrected chi connectivity index (χ0v) is 14.3. The smallest absolute Gasteiger partial charge is 0.230 e. The number of carbonyl (C=O) groups excluding carboxylic acids is 1. The lowest BCUT2D eigenvalue weighted by atomic mass is 9.81. The summed E-state index contributed by atoms with van der Waals surface area (Å²) in [7, 11) is 5.03. The van der Waals surface area contributed by atoms with Gasteiger partial charge < -0.3 is 20.1 Å². The Balaban J connectivity index is 2.96. The van der Waals surface area contributed by atoms with E-state index in [2.05, 4.69) is 0 Å². The highest BCUT2D eigenvalue weighted by atomic mass is 16.5. The first-order chi connectivity index (χ1) is 10.5. The fraction of sp³-hybridized carbons (Fsp3) is 0.588. The first-order valence-corrected chi connectivity index (χ1v) is 7.63. The Morgan fingerprint density at radius 1 is 1.14 bits per heavy atom. The van der Waals surface area contributed by atoms with Crippen LogP contribution in [0.5, 0.6) is 11.5 Å². The molecule has 0 spiro atoms. The number of benzene rings is 1. The van der Waals surface area contributed by atoms with Crippen LogP contribution in [0.2, 0.25) is 0 Å². The van der Waals surface area contributed by atoms with Crippen LogP contribution in [0.15, 0.2) is 18.2 Å². The quantitative estimate of drug-likeness (QED) is 0.801. The zero-order chi connectivity index (χ0) is 16.8. The minimum atomic E-state index is -0.475. The summed E-state index contributed by atoms with van der Waals surface area (Å²) in [4.78, 5) is 14.5. The van der Waals surface area contributed by atoms with Crippen molar-refractivity contribution in [2.24, 2.45) is 11.1 Å². The Morgan fingerprint density at radius 3 is 2.00 bits per heavy atom. The first kappa shape index (κ1) is 18.3. The van der Waals surface area contributed by atoms with E-state index in [0.717, 1.165) is 18.4 Å². The minimum absolute atomic E-state index is 0.0850. The van der Waals surface area contributed by atoms with Crippen LogP contribution in [-0.2, 0) is 11.3 Å². The van der Waals surface area contributed by atoms with E-state index in [-0.39, 0.29) is 5.91 Å². The molecule has 0 atom stereocenters. The molecule has 0 fully saturated rings. The maximum Gasteiger partial charge on any atom is 0.230 e. The second kappa shape index (κ2) is 8.03. The van der Waals surface area contributed by atoms with Gasteiger partial charge in [-0.15, -0.1) is 0 Å². The van der Waals surface area contributed by atoms with Crippen molar-refractivity contribution in [3.8, 4) is 11.5 Å². The van der Waals surface area contributed by atoms with Crippen LogP contribution in [0, 0.1) is 5.41 Å². The third-order valence-corrected chi connectivity index (χ3v) is 4.38. The molecule has 1 amide bonds. The summed E-state index contributed by atoms with van der Waals surface area (Å²) in [6, 6.07) is 5.64. The number of carbonyl (C=O) groups is 1. The van der Waals surface area contributed by atoms with E-state index in [0.29, 0.717) is 24.6 Å². The normalized spacial score (nSPS) is 11.2. The SMILES string of the molecule is CCC(CC)(CN)C(=O)N(C)Cc1cc(OC)cc(OC)c1. The van der Waals surface area contributed by atoms with Crippen LogP contribution in [-0.4, -0.2) is 38.6 Å². The lowest BCUT2D eigenvalue weighted by Crippen LogP contribution is -2.45. The lowest BCUT2D eigenvalue weighted by Gasteiger charge is -2.33. The lowest BCUT2D eigenvalue weighted by molar-refractivity contribution is -0.141. The number of hydrogen-bond donors (Lipinski definition) is 1. The van der Waals surface area contributed by atoms with Gasteiger partial charge in [0.25, 0.3) is 0 Å². The van der Waals surface area contributed by atoms with Crippen LogP contribution in [0.25, 0.3) is 0 Å². The van der Waals surface area contributed by atoms with Crippen LogP contribution in [0.1, 0.15) is 32.3 Å².